The molecule has 0 aromatic heterocycles. The van der Waals surface area contributed by atoms with E-state index in [1.807, 2.05) is 92.6 Å². The van der Waals surface area contributed by atoms with Crippen molar-refractivity contribution in [1.82, 2.24) is 0 Å². The van der Waals surface area contributed by atoms with Crippen molar-refractivity contribution in [2.24, 2.45) is 0 Å². The molecule has 0 aliphatic carbocycles. The normalized spacial score (nSPS) is 11.6. The summed E-state index contributed by atoms with van der Waals surface area (Å²) >= 11 is 0. The maximum Gasteiger partial charge on any atom is 0.416 e. The lowest BCUT2D eigenvalue weighted by molar-refractivity contribution is -0.137. The zero-order valence-corrected chi connectivity index (χ0v) is 18.0. The van der Waals surface area contributed by atoms with Crippen LogP contribution in [0, 0.1) is 6.92 Å². The lowest BCUT2D eigenvalue weighted by Gasteiger charge is -2.23. The molecule has 0 aliphatic heterocycles. The number of benzene rings is 3. The highest BCUT2D eigenvalue weighted by atomic mass is 19.4. The predicted molar refractivity (Wildman–Crippen MR) is 119 cm³/mol. The first kappa shape index (κ1) is 21.8. The van der Waals surface area contributed by atoms with Crippen molar-refractivity contribution in [2.75, 3.05) is 38.0 Å². The largest absolute Gasteiger partial charge is 0.416 e. The van der Waals surface area contributed by atoms with Gasteiger partial charge in [-0.05, 0) is 60.0 Å². The van der Waals surface area contributed by atoms with E-state index >= 15 is 0 Å². The van der Waals surface area contributed by atoms with Crippen molar-refractivity contribution in [3.63, 3.8) is 0 Å². The Hall–Kier alpha value is -2.95. The number of hydrogen-bond acceptors (Lipinski definition) is 2. The highest BCUT2D eigenvalue weighted by Crippen LogP contribution is 2.38. The van der Waals surface area contributed by atoms with Crippen molar-refractivity contribution in [2.45, 2.75) is 19.0 Å². The van der Waals surface area contributed by atoms with Crippen LogP contribution in [0.5, 0.6) is 0 Å². The maximum atomic E-state index is 13.5. The van der Waals surface area contributed by atoms with Crippen molar-refractivity contribution in [3.8, 4) is 0 Å². The molecule has 0 fully saturated rings. The monoisotopic (exact) mass is 412 g/mol. The summed E-state index contributed by atoms with van der Waals surface area (Å²) in [5.41, 5.74) is 4.62. The van der Waals surface area contributed by atoms with Crippen LogP contribution in [-0.2, 0) is 6.18 Å². The number of alkyl halides is 3. The van der Waals surface area contributed by atoms with Gasteiger partial charge in [0.25, 0.3) is 0 Å². The highest BCUT2D eigenvalue weighted by molar-refractivity contribution is 5.54. The number of anilines is 2. The summed E-state index contributed by atoms with van der Waals surface area (Å²) in [6, 6.07) is 20.3. The molecule has 3 rings (SSSR count). The third kappa shape index (κ3) is 4.78. The van der Waals surface area contributed by atoms with Gasteiger partial charge in [-0.2, -0.15) is 13.2 Å². The summed E-state index contributed by atoms with van der Waals surface area (Å²) < 4.78 is 40.5. The average molecular weight is 412 g/mol. The van der Waals surface area contributed by atoms with E-state index in [9.17, 15) is 13.2 Å². The minimum absolute atomic E-state index is 0.293. The summed E-state index contributed by atoms with van der Waals surface area (Å²) in [5.74, 6) is -0.293. The molecule has 2 nitrogen and oxygen atoms in total. The van der Waals surface area contributed by atoms with Crippen LogP contribution < -0.4 is 9.80 Å². The highest BCUT2D eigenvalue weighted by Gasteiger charge is 2.32. The van der Waals surface area contributed by atoms with Gasteiger partial charge in [0.1, 0.15) is 0 Å². The summed E-state index contributed by atoms with van der Waals surface area (Å²) in [4.78, 5) is 4.00. The van der Waals surface area contributed by atoms with Crippen molar-refractivity contribution in [1.29, 1.82) is 0 Å². The van der Waals surface area contributed by atoms with Crippen LogP contribution in [0.4, 0.5) is 24.5 Å². The Balaban J connectivity index is 2.16. The van der Waals surface area contributed by atoms with Gasteiger partial charge >= 0.3 is 6.18 Å². The number of hydrogen-bond donors (Lipinski definition) is 0. The van der Waals surface area contributed by atoms with Crippen molar-refractivity contribution in [3.05, 3.63) is 94.5 Å². The Kier molecular flexibility index (Phi) is 6.11. The molecule has 0 atom stereocenters. The Morgan fingerprint density at radius 2 is 1.07 bits per heavy atom. The zero-order valence-electron chi connectivity index (χ0n) is 18.0. The molecule has 5 heteroatoms. The van der Waals surface area contributed by atoms with Crippen LogP contribution in [0.15, 0.2) is 66.7 Å². The van der Waals surface area contributed by atoms with E-state index in [4.69, 9.17) is 0 Å². The Bertz CT molecular complexity index is 937. The van der Waals surface area contributed by atoms with E-state index in [1.54, 1.807) is 6.92 Å². The van der Waals surface area contributed by atoms with E-state index in [2.05, 4.69) is 0 Å². The first-order valence-corrected chi connectivity index (χ1v) is 9.79. The minimum Gasteiger partial charge on any atom is -0.378 e. The first-order chi connectivity index (χ1) is 14.1. The summed E-state index contributed by atoms with van der Waals surface area (Å²) in [7, 11) is 7.84. The molecule has 0 heterocycles. The van der Waals surface area contributed by atoms with Crippen LogP contribution in [-0.4, -0.2) is 28.2 Å². The fourth-order valence-corrected chi connectivity index (χ4v) is 3.65. The zero-order chi connectivity index (χ0) is 22.1. The number of aryl methyl sites for hydroxylation is 1. The van der Waals surface area contributed by atoms with E-state index < -0.39 is 11.7 Å². The van der Waals surface area contributed by atoms with Crippen LogP contribution >= 0.6 is 0 Å². The fourth-order valence-electron chi connectivity index (χ4n) is 3.65. The van der Waals surface area contributed by atoms with Crippen molar-refractivity contribution < 1.29 is 13.2 Å². The van der Waals surface area contributed by atoms with Gasteiger partial charge in [0.15, 0.2) is 0 Å². The molecule has 0 spiro atoms. The Morgan fingerprint density at radius 3 is 1.43 bits per heavy atom. The number of nitrogens with zero attached hydrogens (tertiary/aromatic N) is 2. The lowest BCUT2D eigenvalue weighted by Crippen LogP contribution is -2.11. The molecule has 0 saturated carbocycles. The number of rotatable bonds is 5. The van der Waals surface area contributed by atoms with Gasteiger partial charge in [0.05, 0.1) is 5.56 Å². The third-order valence-electron chi connectivity index (χ3n) is 5.25. The molecule has 0 amide bonds. The molecular weight excluding hydrogens is 385 g/mol. The molecule has 158 valence electrons. The molecular formula is C25H27F3N2. The smallest absolute Gasteiger partial charge is 0.378 e. The van der Waals surface area contributed by atoms with Gasteiger partial charge in [0.2, 0.25) is 0 Å². The Morgan fingerprint density at radius 1 is 0.633 bits per heavy atom. The summed E-state index contributed by atoms with van der Waals surface area (Å²) in [6.45, 7) is 1.71. The van der Waals surface area contributed by atoms with Gasteiger partial charge in [-0.1, -0.05) is 35.9 Å². The van der Waals surface area contributed by atoms with Crippen LogP contribution in [0.1, 0.15) is 33.7 Å². The topological polar surface area (TPSA) is 6.48 Å². The van der Waals surface area contributed by atoms with Gasteiger partial charge in [-0.3, -0.25) is 0 Å². The Labute approximate surface area is 176 Å². The molecule has 30 heavy (non-hydrogen) atoms. The van der Waals surface area contributed by atoms with Crippen molar-refractivity contribution >= 4 is 11.4 Å². The van der Waals surface area contributed by atoms with Crippen LogP contribution in [0.2, 0.25) is 0 Å². The third-order valence-corrected chi connectivity index (χ3v) is 5.25. The van der Waals surface area contributed by atoms with Gasteiger partial charge in [-0.15, -0.1) is 0 Å². The van der Waals surface area contributed by atoms with Crippen LogP contribution in [0.25, 0.3) is 0 Å². The fraction of sp³-hybridized carbons (Fsp3) is 0.280. The molecule has 0 bridgehead atoms. The lowest BCUT2D eigenvalue weighted by atomic mass is 9.83. The van der Waals surface area contributed by atoms with Crippen LogP contribution in [0.3, 0.4) is 0 Å². The molecule has 0 N–H and O–H groups in total. The van der Waals surface area contributed by atoms with E-state index in [1.165, 1.54) is 12.1 Å². The quantitative estimate of drug-likeness (QED) is 0.452. The summed E-state index contributed by atoms with van der Waals surface area (Å²) in [5, 5.41) is 0. The van der Waals surface area contributed by atoms with E-state index in [-0.39, 0.29) is 5.92 Å². The molecule has 3 aromatic rings. The second-order valence-electron chi connectivity index (χ2n) is 8.04. The van der Waals surface area contributed by atoms with Gasteiger partial charge in [0, 0.05) is 45.5 Å². The first-order valence-electron chi connectivity index (χ1n) is 9.79. The molecule has 0 radical (unpaired) electrons. The molecule has 0 aliphatic rings. The summed E-state index contributed by atoms with van der Waals surface area (Å²) in [6.07, 6.45) is -4.38. The second-order valence-corrected chi connectivity index (χ2v) is 8.04. The maximum absolute atomic E-state index is 13.5. The standard InChI is InChI=1S/C25H27F3N2/c1-17-14-20(16-21(15-17)25(26,27)28)24(18-6-10-22(11-7-18)29(2)3)19-8-12-23(13-9-19)30(4)5/h6-16,24H,1-5H3. The molecule has 0 saturated heterocycles. The second kappa shape index (κ2) is 8.42. The van der Waals surface area contributed by atoms with Gasteiger partial charge < -0.3 is 9.80 Å². The van der Waals surface area contributed by atoms with E-state index in [0.717, 1.165) is 22.5 Å². The van der Waals surface area contributed by atoms with Gasteiger partial charge in [-0.25, -0.2) is 0 Å². The molecule has 3 aromatic carbocycles. The minimum atomic E-state index is -4.38. The number of halogens is 3. The predicted octanol–water partition coefficient (Wildman–Crippen LogP) is 6.33. The average Bonchev–Trinajstić information content (AvgIpc) is 2.68. The molecule has 0 unspecified atom stereocenters. The van der Waals surface area contributed by atoms with E-state index in [0.29, 0.717) is 11.1 Å². The SMILES string of the molecule is Cc1cc(C(c2ccc(N(C)C)cc2)c2ccc(N(C)C)cc2)cc(C(F)(F)F)c1.